The molecule has 1 unspecified atom stereocenters. The Kier molecular flexibility index (Phi) is 3.43. The highest BCUT2D eigenvalue weighted by Gasteiger charge is 2.28. The van der Waals surface area contributed by atoms with Gasteiger partial charge in [-0.05, 0) is 32.9 Å². The molecule has 1 N–H and O–H groups in total. The van der Waals surface area contributed by atoms with E-state index in [1.807, 2.05) is 0 Å². The van der Waals surface area contributed by atoms with E-state index in [4.69, 9.17) is 4.74 Å². The molecule has 0 radical (unpaired) electrons. The molecule has 2 aliphatic rings. The van der Waals surface area contributed by atoms with Crippen molar-refractivity contribution in [2.45, 2.75) is 25.9 Å². The van der Waals surface area contributed by atoms with Gasteiger partial charge in [-0.25, -0.2) is 4.79 Å². The van der Waals surface area contributed by atoms with Crippen LogP contribution in [0.2, 0.25) is 0 Å². The quantitative estimate of drug-likeness (QED) is 0.756. The van der Waals surface area contributed by atoms with Crippen LogP contribution in [0.1, 0.15) is 19.8 Å². The van der Waals surface area contributed by atoms with Crippen LogP contribution in [0, 0.1) is 5.92 Å². The average Bonchev–Trinajstić information content (AvgIpc) is 2.65. The van der Waals surface area contributed by atoms with Crippen molar-refractivity contribution in [1.29, 1.82) is 0 Å². The molecule has 90 valence electrons. The number of rotatable bonds is 3. The minimum Gasteiger partial charge on any atom is -0.443 e. The average molecular weight is 226 g/mol. The minimum atomic E-state index is -0.316. The molecule has 0 aromatic rings. The Balaban J connectivity index is 1.73. The first-order chi connectivity index (χ1) is 7.65. The van der Waals surface area contributed by atoms with Crippen LogP contribution in [0.25, 0.3) is 0 Å². The van der Waals surface area contributed by atoms with Crippen molar-refractivity contribution in [2.24, 2.45) is 5.92 Å². The van der Waals surface area contributed by atoms with Crippen LogP contribution in [0.15, 0.2) is 0 Å². The largest absolute Gasteiger partial charge is 0.443 e. The maximum absolute atomic E-state index is 11.2. The fraction of sp³-hybridized carbons (Fsp3) is 0.818. The van der Waals surface area contributed by atoms with Gasteiger partial charge in [0.05, 0.1) is 6.54 Å². The monoisotopic (exact) mass is 226 g/mol. The number of ketones is 1. The number of amides is 1. The normalized spacial score (nSPS) is 27.6. The molecule has 2 saturated heterocycles. The van der Waals surface area contributed by atoms with Crippen LogP contribution >= 0.6 is 0 Å². The molecule has 1 atom stereocenters. The number of cyclic esters (lactones) is 1. The molecule has 16 heavy (non-hydrogen) atoms. The van der Waals surface area contributed by atoms with Gasteiger partial charge in [0, 0.05) is 12.5 Å². The van der Waals surface area contributed by atoms with Crippen LogP contribution < -0.4 is 5.32 Å². The number of nitrogens with zero attached hydrogens (tertiary/aromatic N) is 1. The van der Waals surface area contributed by atoms with Crippen LogP contribution in [-0.4, -0.2) is 49.1 Å². The van der Waals surface area contributed by atoms with E-state index in [2.05, 4.69) is 10.2 Å². The van der Waals surface area contributed by atoms with Crippen molar-refractivity contribution >= 4 is 11.9 Å². The molecular weight excluding hydrogens is 208 g/mol. The lowest BCUT2D eigenvalue weighted by molar-refractivity contribution is -0.122. The summed E-state index contributed by atoms with van der Waals surface area (Å²) in [5.41, 5.74) is 0. The molecule has 2 heterocycles. The summed E-state index contributed by atoms with van der Waals surface area (Å²) < 4.78 is 5.08. The molecule has 0 aromatic heterocycles. The van der Waals surface area contributed by atoms with Gasteiger partial charge < -0.3 is 10.1 Å². The molecular formula is C11H18N2O3. The molecule has 0 saturated carbocycles. The number of nitrogens with one attached hydrogen (secondary N) is 1. The Morgan fingerprint density at radius 1 is 1.50 bits per heavy atom. The Hall–Kier alpha value is -1.10. The number of hydrogen-bond donors (Lipinski definition) is 1. The van der Waals surface area contributed by atoms with Gasteiger partial charge in [-0.2, -0.15) is 0 Å². The third kappa shape index (κ3) is 2.72. The summed E-state index contributed by atoms with van der Waals surface area (Å²) in [5.74, 6) is 0.536. The Morgan fingerprint density at radius 2 is 2.19 bits per heavy atom. The zero-order chi connectivity index (χ0) is 11.5. The second-order valence-electron chi connectivity index (χ2n) is 4.59. The van der Waals surface area contributed by atoms with E-state index in [0.717, 1.165) is 32.5 Å². The molecule has 5 heteroatoms. The molecule has 1 amide bonds. The Bertz CT molecular complexity index is 285. The summed E-state index contributed by atoms with van der Waals surface area (Å²) >= 11 is 0. The molecule has 0 aromatic carbocycles. The smallest absolute Gasteiger partial charge is 0.407 e. The lowest BCUT2D eigenvalue weighted by Gasteiger charge is -2.31. The summed E-state index contributed by atoms with van der Waals surface area (Å²) in [6.45, 7) is 4.91. The van der Waals surface area contributed by atoms with Gasteiger partial charge in [0.2, 0.25) is 0 Å². The minimum absolute atomic E-state index is 0.0265. The summed E-state index contributed by atoms with van der Waals surface area (Å²) in [4.78, 5) is 24.3. The standard InChI is InChI=1S/C11H18N2O3/c1-8(14)9-2-4-13(5-3-9)7-10-6-12-11(15)16-10/h9-10H,2-7H2,1H3,(H,12,15). The zero-order valence-corrected chi connectivity index (χ0v) is 9.57. The van der Waals surface area contributed by atoms with Gasteiger partial charge in [-0.3, -0.25) is 9.69 Å². The molecule has 2 aliphatic heterocycles. The molecule has 2 fully saturated rings. The van der Waals surface area contributed by atoms with Crippen molar-refractivity contribution in [2.75, 3.05) is 26.2 Å². The van der Waals surface area contributed by atoms with Crippen molar-refractivity contribution in [3.8, 4) is 0 Å². The lowest BCUT2D eigenvalue weighted by Crippen LogP contribution is -2.41. The van der Waals surface area contributed by atoms with Gasteiger partial charge in [0.25, 0.3) is 0 Å². The first-order valence-corrected chi connectivity index (χ1v) is 5.82. The molecule has 0 bridgehead atoms. The zero-order valence-electron chi connectivity index (χ0n) is 9.57. The topological polar surface area (TPSA) is 58.6 Å². The number of piperidine rings is 1. The first-order valence-electron chi connectivity index (χ1n) is 5.82. The lowest BCUT2D eigenvalue weighted by atomic mass is 9.93. The van der Waals surface area contributed by atoms with Crippen molar-refractivity contribution in [3.05, 3.63) is 0 Å². The third-order valence-electron chi connectivity index (χ3n) is 3.37. The van der Waals surface area contributed by atoms with E-state index in [9.17, 15) is 9.59 Å². The number of alkyl carbamates (subject to hydrolysis) is 1. The Morgan fingerprint density at radius 3 is 2.69 bits per heavy atom. The van der Waals surface area contributed by atoms with Gasteiger partial charge in [0.15, 0.2) is 0 Å². The number of ether oxygens (including phenoxy) is 1. The van der Waals surface area contributed by atoms with Crippen LogP contribution in [0.5, 0.6) is 0 Å². The molecule has 0 aliphatic carbocycles. The molecule has 0 spiro atoms. The molecule has 5 nitrogen and oxygen atoms in total. The number of carbonyl (C=O) groups is 2. The highest BCUT2D eigenvalue weighted by Crippen LogP contribution is 2.18. The van der Waals surface area contributed by atoms with E-state index in [-0.39, 0.29) is 18.1 Å². The van der Waals surface area contributed by atoms with E-state index < -0.39 is 0 Å². The van der Waals surface area contributed by atoms with Crippen LogP contribution in [0.4, 0.5) is 4.79 Å². The van der Waals surface area contributed by atoms with Crippen molar-refractivity contribution in [1.82, 2.24) is 10.2 Å². The predicted octanol–water partition coefficient (Wildman–Crippen LogP) is 0.396. The van der Waals surface area contributed by atoms with Crippen molar-refractivity contribution in [3.63, 3.8) is 0 Å². The first kappa shape index (κ1) is 11.4. The van der Waals surface area contributed by atoms with Crippen LogP contribution in [-0.2, 0) is 9.53 Å². The summed E-state index contributed by atoms with van der Waals surface area (Å²) in [5, 5.41) is 2.64. The number of likely N-dealkylation sites (tertiary alicyclic amines) is 1. The molecule has 2 rings (SSSR count). The Labute approximate surface area is 95.1 Å². The number of Topliss-reactive ketones (excluding diaryl/α,β-unsaturated/α-hetero) is 1. The van der Waals surface area contributed by atoms with Gasteiger partial charge in [-0.15, -0.1) is 0 Å². The highest BCUT2D eigenvalue weighted by molar-refractivity contribution is 5.78. The SMILES string of the molecule is CC(=O)C1CCN(CC2CNC(=O)O2)CC1. The maximum Gasteiger partial charge on any atom is 0.407 e. The van der Waals surface area contributed by atoms with E-state index in [0.29, 0.717) is 12.3 Å². The van der Waals surface area contributed by atoms with E-state index >= 15 is 0 Å². The predicted molar refractivity (Wildman–Crippen MR) is 58.1 cm³/mol. The van der Waals surface area contributed by atoms with Gasteiger partial charge in [0.1, 0.15) is 11.9 Å². The van der Waals surface area contributed by atoms with E-state index in [1.54, 1.807) is 6.92 Å². The van der Waals surface area contributed by atoms with Gasteiger partial charge >= 0.3 is 6.09 Å². The van der Waals surface area contributed by atoms with E-state index in [1.165, 1.54) is 0 Å². The third-order valence-corrected chi connectivity index (χ3v) is 3.37. The fourth-order valence-electron chi connectivity index (χ4n) is 2.34. The summed E-state index contributed by atoms with van der Waals surface area (Å²) in [6.07, 6.45) is 1.53. The summed E-state index contributed by atoms with van der Waals surface area (Å²) in [6, 6.07) is 0. The number of carbonyl (C=O) groups excluding carboxylic acids is 2. The van der Waals surface area contributed by atoms with Crippen molar-refractivity contribution < 1.29 is 14.3 Å². The highest BCUT2D eigenvalue weighted by atomic mass is 16.6. The maximum atomic E-state index is 11.2. The van der Waals surface area contributed by atoms with Gasteiger partial charge in [-0.1, -0.05) is 0 Å². The fourth-order valence-corrected chi connectivity index (χ4v) is 2.34. The summed E-state index contributed by atoms with van der Waals surface area (Å²) in [7, 11) is 0. The second kappa shape index (κ2) is 4.82. The van der Waals surface area contributed by atoms with Crippen LogP contribution in [0.3, 0.4) is 0 Å². The second-order valence-corrected chi connectivity index (χ2v) is 4.59. The number of hydrogen-bond acceptors (Lipinski definition) is 4.